The topological polar surface area (TPSA) is 48.7 Å². The van der Waals surface area contributed by atoms with Gasteiger partial charge in [0.2, 0.25) is 0 Å². The van der Waals surface area contributed by atoms with Gasteiger partial charge in [0.05, 0.1) is 5.56 Å². The van der Waals surface area contributed by atoms with Gasteiger partial charge >= 0.3 is 0 Å². The van der Waals surface area contributed by atoms with Gasteiger partial charge in [-0.15, -0.1) is 0 Å². The maximum absolute atomic E-state index is 13.6. The number of nitrogens with zero attached hydrogens (tertiary/aromatic N) is 2. The first-order valence-electron chi connectivity index (χ1n) is 13.9. The molecule has 5 heteroatoms. The zero-order valence-electron chi connectivity index (χ0n) is 23.8. The van der Waals surface area contributed by atoms with Crippen LogP contribution in [0, 0.1) is 0 Å². The first kappa shape index (κ1) is 26.6. The van der Waals surface area contributed by atoms with E-state index in [1.165, 1.54) is 30.5 Å². The average Bonchev–Trinajstić information content (AvgIpc) is 3.39. The SMILES string of the molecule is CN(C)c1ccc(-c2oc(-c3ccc(C(C)(C)C)cc3)cc2C(=O)Nc2ccc(N3CCCCC3)cc2)cc1. The molecule has 4 aromatic rings. The lowest BCUT2D eigenvalue weighted by atomic mass is 9.86. The van der Waals surface area contributed by atoms with Crippen molar-refractivity contribution >= 4 is 23.0 Å². The minimum Gasteiger partial charge on any atom is -0.455 e. The summed E-state index contributed by atoms with van der Waals surface area (Å²) in [5.41, 5.74) is 6.71. The van der Waals surface area contributed by atoms with Crippen LogP contribution in [0.1, 0.15) is 56.0 Å². The number of hydrogen-bond acceptors (Lipinski definition) is 4. The molecule has 5 rings (SSSR count). The molecule has 5 nitrogen and oxygen atoms in total. The Labute approximate surface area is 232 Å². The van der Waals surface area contributed by atoms with Crippen molar-refractivity contribution in [3.63, 3.8) is 0 Å². The second kappa shape index (κ2) is 11.0. The van der Waals surface area contributed by atoms with Crippen LogP contribution in [0.2, 0.25) is 0 Å². The van der Waals surface area contributed by atoms with Crippen molar-refractivity contribution in [2.24, 2.45) is 0 Å². The molecule has 0 atom stereocenters. The van der Waals surface area contributed by atoms with Gasteiger partial charge in [0.15, 0.2) is 0 Å². The number of nitrogens with one attached hydrogen (secondary N) is 1. The Hall–Kier alpha value is -3.99. The number of rotatable bonds is 6. The molecule has 0 unspecified atom stereocenters. The number of furan rings is 1. The summed E-state index contributed by atoms with van der Waals surface area (Å²) in [7, 11) is 4.02. The van der Waals surface area contributed by atoms with E-state index in [-0.39, 0.29) is 11.3 Å². The van der Waals surface area contributed by atoms with E-state index in [4.69, 9.17) is 4.42 Å². The molecule has 0 spiro atoms. The largest absolute Gasteiger partial charge is 0.455 e. The van der Waals surface area contributed by atoms with Gasteiger partial charge in [0.1, 0.15) is 11.5 Å². The Kier molecular flexibility index (Phi) is 7.51. The molecule has 1 aliphatic rings. The van der Waals surface area contributed by atoms with Gasteiger partial charge in [-0.05, 0) is 84.8 Å². The highest BCUT2D eigenvalue weighted by atomic mass is 16.3. The summed E-state index contributed by atoms with van der Waals surface area (Å²) in [5.74, 6) is 1.05. The van der Waals surface area contributed by atoms with Crippen molar-refractivity contribution in [1.29, 1.82) is 0 Å². The molecule has 0 aliphatic carbocycles. The van der Waals surface area contributed by atoms with E-state index in [2.05, 4.69) is 72.3 Å². The Morgan fingerprint density at radius 2 is 1.44 bits per heavy atom. The van der Waals surface area contributed by atoms with Gasteiger partial charge in [-0.2, -0.15) is 0 Å². The fourth-order valence-corrected chi connectivity index (χ4v) is 5.07. The fraction of sp³-hybridized carbons (Fsp3) is 0.324. The maximum Gasteiger partial charge on any atom is 0.259 e. The quantitative estimate of drug-likeness (QED) is 0.278. The van der Waals surface area contributed by atoms with Gasteiger partial charge < -0.3 is 19.5 Å². The minimum atomic E-state index is -0.186. The van der Waals surface area contributed by atoms with E-state index in [1.807, 2.05) is 56.6 Å². The van der Waals surface area contributed by atoms with Crippen LogP contribution in [0.25, 0.3) is 22.6 Å². The lowest BCUT2D eigenvalue weighted by Gasteiger charge is -2.28. The van der Waals surface area contributed by atoms with Gasteiger partial charge in [-0.1, -0.05) is 45.0 Å². The lowest BCUT2D eigenvalue weighted by molar-refractivity contribution is 0.102. The Morgan fingerprint density at radius 3 is 2.03 bits per heavy atom. The number of benzene rings is 3. The van der Waals surface area contributed by atoms with Crippen LogP contribution in [0.3, 0.4) is 0 Å². The number of carbonyl (C=O) groups excluding carboxylic acids is 1. The monoisotopic (exact) mass is 521 g/mol. The van der Waals surface area contributed by atoms with Crippen molar-refractivity contribution in [2.45, 2.75) is 45.4 Å². The highest BCUT2D eigenvalue weighted by molar-refractivity contribution is 6.08. The number of piperidine rings is 1. The molecule has 0 radical (unpaired) electrons. The second-order valence-electron chi connectivity index (χ2n) is 11.7. The van der Waals surface area contributed by atoms with E-state index in [1.54, 1.807) is 0 Å². The van der Waals surface area contributed by atoms with Crippen LogP contribution in [0.4, 0.5) is 17.1 Å². The molecule has 1 N–H and O–H groups in total. The van der Waals surface area contributed by atoms with E-state index in [9.17, 15) is 4.79 Å². The average molecular weight is 522 g/mol. The Balaban J connectivity index is 1.45. The van der Waals surface area contributed by atoms with Gasteiger partial charge in [-0.3, -0.25) is 4.79 Å². The predicted molar refractivity (Wildman–Crippen MR) is 163 cm³/mol. The Bertz CT molecular complexity index is 1400. The number of anilines is 3. The second-order valence-corrected chi connectivity index (χ2v) is 11.7. The predicted octanol–water partition coefficient (Wildman–Crippen LogP) is 8.22. The van der Waals surface area contributed by atoms with E-state index in [0.29, 0.717) is 17.1 Å². The van der Waals surface area contributed by atoms with Crippen molar-refractivity contribution in [3.05, 3.63) is 90.0 Å². The summed E-state index contributed by atoms with van der Waals surface area (Å²) in [6.45, 7) is 8.79. The summed E-state index contributed by atoms with van der Waals surface area (Å²) < 4.78 is 6.39. The van der Waals surface area contributed by atoms with Crippen molar-refractivity contribution < 1.29 is 9.21 Å². The van der Waals surface area contributed by atoms with Crippen LogP contribution in [0.5, 0.6) is 0 Å². The third-order valence-corrected chi connectivity index (χ3v) is 7.50. The highest BCUT2D eigenvalue weighted by Crippen LogP contribution is 2.35. The van der Waals surface area contributed by atoms with E-state index >= 15 is 0 Å². The molecule has 39 heavy (non-hydrogen) atoms. The highest BCUT2D eigenvalue weighted by Gasteiger charge is 2.22. The normalized spacial score (nSPS) is 13.8. The van der Waals surface area contributed by atoms with Gasteiger partial charge in [0, 0.05) is 55.4 Å². The summed E-state index contributed by atoms with van der Waals surface area (Å²) in [5, 5.41) is 3.10. The van der Waals surface area contributed by atoms with Crippen molar-refractivity contribution in [1.82, 2.24) is 0 Å². The van der Waals surface area contributed by atoms with Gasteiger partial charge in [-0.25, -0.2) is 0 Å². The number of carbonyl (C=O) groups is 1. The van der Waals surface area contributed by atoms with Crippen molar-refractivity contribution in [3.8, 4) is 22.6 Å². The molecule has 1 amide bonds. The standard InChI is InChI=1S/C34H39N3O2/c1-34(2,3)26-13-9-24(10-14-26)31-23-30(32(39-31)25-11-17-28(18-12-25)36(4)5)33(38)35-27-15-19-29(20-16-27)37-21-7-6-8-22-37/h9-20,23H,6-8,21-22H2,1-5H3,(H,35,38). The number of amides is 1. The van der Waals surface area contributed by atoms with Crippen LogP contribution in [-0.4, -0.2) is 33.1 Å². The molecular weight excluding hydrogens is 482 g/mol. The first-order valence-corrected chi connectivity index (χ1v) is 13.9. The van der Waals surface area contributed by atoms with E-state index in [0.717, 1.165) is 35.6 Å². The summed E-state index contributed by atoms with van der Waals surface area (Å²) >= 11 is 0. The van der Waals surface area contributed by atoms with Crippen LogP contribution < -0.4 is 15.1 Å². The third kappa shape index (κ3) is 6.03. The zero-order valence-corrected chi connectivity index (χ0v) is 23.8. The molecule has 2 heterocycles. The molecule has 0 bridgehead atoms. The molecule has 0 saturated carbocycles. The lowest BCUT2D eigenvalue weighted by Crippen LogP contribution is -2.29. The summed E-state index contributed by atoms with van der Waals surface area (Å²) in [6, 6.07) is 26.5. The first-order chi connectivity index (χ1) is 18.7. The minimum absolute atomic E-state index is 0.0651. The molecule has 1 aromatic heterocycles. The molecule has 3 aromatic carbocycles. The third-order valence-electron chi connectivity index (χ3n) is 7.50. The van der Waals surface area contributed by atoms with Crippen LogP contribution in [-0.2, 0) is 5.41 Å². The summed E-state index contributed by atoms with van der Waals surface area (Å²) in [4.78, 5) is 18.1. The van der Waals surface area contributed by atoms with Crippen LogP contribution in [0.15, 0.2) is 83.3 Å². The molecule has 202 valence electrons. The summed E-state index contributed by atoms with van der Waals surface area (Å²) in [6.07, 6.45) is 3.77. The molecule has 1 saturated heterocycles. The fourth-order valence-electron chi connectivity index (χ4n) is 5.07. The number of hydrogen-bond donors (Lipinski definition) is 1. The molecule has 1 aliphatic heterocycles. The van der Waals surface area contributed by atoms with E-state index < -0.39 is 0 Å². The van der Waals surface area contributed by atoms with Gasteiger partial charge in [0.25, 0.3) is 5.91 Å². The smallest absolute Gasteiger partial charge is 0.259 e. The van der Waals surface area contributed by atoms with Crippen molar-refractivity contribution in [2.75, 3.05) is 42.3 Å². The molecular formula is C34H39N3O2. The van der Waals surface area contributed by atoms with Crippen LogP contribution >= 0.6 is 0 Å². The molecule has 1 fully saturated rings. The zero-order chi connectivity index (χ0) is 27.6. The maximum atomic E-state index is 13.6. The Morgan fingerprint density at radius 1 is 0.821 bits per heavy atom.